The fourth-order valence-corrected chi connectivity index (χ4v) is 7.49. The van der Waals surface area contributed by atoms with Gasteiger partial charge in [-0.3, -0.25) is 14.4 Å². The molecule has 7 atom stereocenters. The smallest absolute Gasteiger partial charge is 0.249 e. The van der Waals surface area contributed by atoms with Crippen molar-refractivity contribution in [3.63, 3.8) is 0 Å². The number of ether oxygens (including phenoxy) is 1. The minimum atomic E-state index is -1.30. The first-order valence-corrected chi connectivity index (χ1v) is 14.9. The second-order valence-corrected chi connectivity index (χ2v) is 11.7. The van der Waals surface area contributed by atoms with Gasteiger partial charge in [0.15, 0.2) is 0 Å². The van der Waals surface area contributed by atoms with Crippen molar-refractivity contribution in [3.05, 3.63) is 60.2 Å². The van der Waals surface area contributed by atoms with Crippen molar-refractivity contribution >= 4 is 17.7 Å². The first-order valence-electron chi connectivity index (χ1n) is 14.9. The molecule has 1 aromatic rings. The molecule has 0 bridgehead atoms. The third-order valence-electron chi connectivity index (χ3n) is 9.52. The Bertz CT molecular complexity index is 1180. The quantitative estimate of drug-likeness (QED) is 0.478. The Kier molecular flexibility index (Phi) is 7.94. The molecule has 40 heavy (non-hydrogen) atoms. The molecule has 1 N–H and O–H groups in total. The minimum absolute atomic E-state index is 0.0163. The van der Waals surface area contributed by atoms with Crippen molar-refractivity contribution < 1.29 is 24.2 Å². The van der Waals surface area contributed by atoms with E-state index in [-0.39, 0.29) is 30.4 Å². The lowest BCUT2D eigenvalue weighted by atomic mass is 9.73. The summed E-state index contributed by atoms with van der Waals surface area (Å²) in [5.74, 6) is -2.24. The molecule has 0 aliphatic carbocycles. The summed E-state index contributed by atoms with van der Waals surface area (Å²) in [6.45, 7) is 9.01. The van der Waals surface area contributed by atoms with Gasteiger partial charge in [0.2, 0.25) is 17.7 Å². The van der Waals surface area contributed by atoms with Crippen LogP contribution < -0.4 is 0 Å². The molecule has 1 spiro atoms. The third kappa shape index (κ3) is 4.31. The molecule has 5 rings (SSSR count). The van der Waals surface area contributed by atoms with E-state index < -0.39 is 35.1 Å². The number of rotatable bonds is 9. The largest absolute Gasteiger partial charge is 0.394 e. The van der Waals surface area contributed by atoms with Crippen LogP contribution in [0.3, 0.4) is 0 Å². The van der Waals surface area contributed by atoms with E-state index in [9.17, 15) is 19.5 Å². The number of carbonyl (C=O) groups is 3. The van der Waals surface area contributed by atoms with E-state index >= 15 is 0 Å². The third-order valence-corrected chi connectivity index (χ3v) is 9.52. The van der Waals surface area contributed by atoms with Crippen LogP contribution in [0.4, 0.5) is 0 Å². The average molecular weight is 550 g/mol. The highest BCUT2D eigenvalue weighted by atomic mass is 16.5. The summed E-state index contributed by atoms with van der Waals surface area (Å²) in [4.78, 5) is 48.6. The number of nitrogens with zero attached hydrogens (tertiary/aromatic N) is 3. The number of fused-ring (bicyclic) bond motifs is 2. The Labute approximate surface area is 237 Å². The molecule has 4 aliphatic heterocycles. The van der Waals surface area contributed by atoms with Crippen molar-refractivity contribution in [2.45, 2.75) is 89.3 Å². The standard InChI is InChI=1S/C32H43N3O5/c1-5-13-22(4)34-19-12-17-32-26(29(38)35(24(6-2)21-36)27(32)30(34)39)25-28(37)33(20-23-14-9-8-10-15-23)18-11-16-31(25,7-3)40-32/h8-12,14-17,22,24-27,36H,5-7,13,18-21H2,1-4H3/t22?,24-,25-,26-,27?,31+,32-/m0/s1. The monoisotopic (exact) mass is 549 g/mol. The molecule has 1 aromatic carbocycles. The van der Waals surface area contributed by atoms with Crippen molar-refractivity contribution in [2.75, 3.05) is 19.7 Å². The number of aliphatic hydroxyl groups is 1. The lowest BCUT2D eigenvalue weighted by molar-refractivity contribution is -0.158. The second-order valence-electron chi connectivity index (χ2n) is 11.7. The van der Waals surface area contributed by atoms with Gasteiger partial charge in [-0.05, 0) is 31.7 Å². The Balaban J connectivity index is 1.63. The van der Waals surface area contributed by atoms with Crippen LogP contribution in [-0.2, 0) is 25.7 Å². The number of carbonyl (C=O) groups excluding carboxylic acids is 3. The van der Waals surface area contributed by atoms with Crippen molar-refractivity contribution in [3.8, 4) is 0 Å². The maximum Gasteiger partial charge on any atom is 0.249 e. The molecule has 8 heteroatoms. The zero-order valence-electron chi connectivity index (χ0n) is 24.2. The summed E-state index contributed by atoms with van der Waals surface area (Å²) in [5, 5.41) is 10.3. The number of hydrogen-bond acceptors (Lipinski definition) is 5. The van der Waals surface area contributed by atoms with Gasteiger partial charge >= 0.3 is 0 Å². The van der Waals surface area contributed by atoms with Crippen molar-refractivity contribution in [2.24, 2.45) is 11.8 Å². The van der Waals surface area contributed by atoms with Crippen LogP contribution in [-0.4, -0.2) is 86.6 Å². The molecule has 2 fully saturated rings. The van der Waals surface area contributed by atoms with Crippen LogP contribution in [0.15, 0.2) is 54.6 Å². The van der Waals surface area contributed by atoms with Crippen LogP contribution in [0.25, 0.3) is 0 Å². The first kappa shape index (κ1) is 28.6. The van der Waals surface area contributed by atoms with Crippen LogP contribution in [0.1, 0.15) is 58.9 Å². The SMILES string of the molecule is CCCC(C)N1CC=C[C@]23O[C@]4(CC)C=CCN(Cc5ccccc5)C(=O)[C@@H]4[C@H]2C(=O)N([C@@H](CC)CO)C3C1=O. The van der Waals surface area contributed by atoms with Gasteiger partial charge in [0, 0.05) is 25.7 Å². The molecule has 0 aromatic heterocycles. The molecular formula is C32H43N3O5. The van der Waals surface area contributed by atoms with E-state index in [1.807, 2.05) is 80.3 Å². The predicted octanol–water partition coefficient (Wildman–Crippen LogP) is 3.30. The zero-order valence-corrected chi connectivity index (χ0v) is 24.2. The topological polar surface area (TPSA) is 90.4 Å². The number of hydrogen-bond donors (Lipinski definition) is 1. The fourth-order valence-electron chi connectivity index (χ4n) is 7.49. The Morgan fingerprint density at radius 2 is 1.70 bits per heavy atom. The van der Waals surface area contributed by atoms with Gasteiger partial charge in [0.05, 0.1) is 30.1 Å². The highest BCUT2D eigenvalue weighted by molar-refractivity contribution is 6.00. The second kappa shape index (κ2) is 11.1. The highest BCUT2D eigenvalue weighted by Gasteiger charge is 2.75. The zero-order chi connectivity index (χ0) is 28.7. The maximum atomic E-state index is 14.5. The molecule has 0 radical (unpaired) electrons. The van der Waals surface area contributed by atoms with Crippen LogP contribution in [0.2, 0.25) is 0 Å². The molecule has 2 unspecified atom stereocenters. The van der Waals surface area contributed by atoms with E-state index in [1.165, 1.54) is 0 Å². The summed E-state index contributed by atoms with van der Waals surface area (Å²) in [6.07, 6.45) is 10.5. The van der Waals surface area contributed by atoms with E-state index in [4.69, 9.17) is 4.74 Å². The normalized spacial score (nSPS) is 33.0. The van der Waals surface area contributed by atoms with Gasteiger partial charge in [0.1, 0.15) is 11.6 Å². The van der Waals surface area contributed by atoms with E-state index in [1.54, 1.807) is 9.80 Å². The first-order chi connectivity index (χ1) is 19.3. The molecule has 2 saturated heterocycles. The summed E-state index contributed by atoms with van der Waals surface area (Å²) >= 11 is 0. The van der Waals surface area contributed by atoms with Gasteiger partial charge in [-0.2, -0.15) is 0 Å². The van der Waals surface area contributed by atoms with Crippen LogP contribution >= 0.6 is 0 Å². The van der Waals surface area contributed by atoms with E-state index in [2.05, 4.69) is 6.92 Å². The van der Waals surface area contributed by atoms with Gasteiger partial charge in [0.25, 0.3) is 0 Å². The van der Waals surface area contributed by atoms with Gasteiger partial charge in [-0.25, -0.2) is 0 Å². The lowest BCUT2D eigenvalue weighted by Crippen LogP contribution is -2.59. The predicted molar refractivity (Wildman–Crippen MR) is 152 cm³/mol. The molecule has 0 saturated carbocycles. The molecular weight excluding hydrogens is 506 g/mol. The Morgan fingerprint density at radius 1 is 0.975 bits per heavy atom. The van der Waals surface area contributed by atoms with Gasteiger partial charge in [-0.15, -0.1) is 0 Å². The highest BCUT2D eigenvalue weighted by Crippen LogP contribution is 2.59. The molecule has 4 heterocycles. The van der Waals surface area contributed by atoms with Crippen LogP contribution in [0, 0.1) is 11.8 Å². The molecule has 4 aliphatic rings. The number of aliphatic hydroxyl groups excluding tert-OH is 1. The summed E-state index contributed by atoms with van der Waals surface area (Å²) in [5.41, 5.74) is -1.30. The van der Waals surface area contributed by atoms with E-state index in [0.717, 1.165) is 18.4 Å². The maximum absolute atomic E-state index is 14.5. The average Bonchev–Trinajstić information content (AvgIpc) is 3.25. The van der Waals surface area contributed by atoms with Gasteiger partial charge in [-0.1, -0.05) is 81.8 Å². The van der Waals surface area contributed by atoms with Gasteiger partial charge < -0.3 is 24.5 Å². The van der Waals surface area contributed by atoms with Crippen LogP contribution in [0.5, 0.6) is 0 Å². The number of benzene rings is 1. The Morgan fingerprint density at radius 3 is 2.35 bits per heavy atom. The van der Waals surface area contributed by atoms with E-state index in [0.29, 0.717) is 32.5 Å². The molecule has 3 amide bonds. The van der Waals surface area contributed by atoms with Crippen molar-refractivity contribution in [1.82, 2.24) is 14.7 Å². The molecule has 216 valence electrons. The van der Waals surface area contributed by atoms with Crippen molar-refractivity contribution in [1.29, 1.82) is 0 Å². The minimum Gasteiger partial charge on any atom is -0.394 e. The fraction of sp³-hybridized carbons (Fsp3) is 0.594. The summed E-state index contributed by atoms with van der Waals surface area (Å²) < 4.78 is 7.03. The Hall–Kier alpha value is -2.97. The molecule has 8 nitrogen and oxygen atoms in total. The number of amides is 3. The number of likely N-dealkylation sites (tertiary alicyclic amines) is 1. The summed E-state index contributed by atoms with van der Waals surface area (Å²) in [6, 6.07) is 8.33. The summed E-state index contributed by atoms with van der Waals surface area (Å²) in [7, 11) is 0. The lowest BCUT2D eigenvalue weighted by Gasteiger charge is -2.41.